The standard InChI is InChI=1S/C14H17BrFN3S/c1-20-9-4-2-8(3-5-9)19-13-6-10(15)11(16)7-12(13)18-14(19)17/h6-9H,2-5H2,1H3,(H2,17,18). The second-order valence-electron chi connectivity index (χ2n) is 5.26. The van der Waals surface area contributed by atoms with Gasteiger partial charge in [0.05, 0.1) is 15.5 Å². The van der Waals surface area contributed by atoms with E-state index in [-0.39, 0.29) is 5.82 Å². The summed E-state index contributed by atoms with van der Waals surface area (Å²) in [4.78, 5) is 4.30. The van der Waals surface area contributed by atoms with Crippen molar-refractivity contribution < 1.29 is 4.39 Å². The van der Waals surface area contributed by atoms with Gasteiger partial charge < -0.3 is 10.3 Å². The molecular formula is C14H17BrFN3S. The number of hydrogen-bond acceptors (Lipinski definition) is 3. The molecule has 1 heterocycles. The Kier molecular flexibility index (Phi) is 3.95. The summed E-state index contributed by atoms with van der Waals surface area (Å²) in [6, 6.07) is 3.61. The van der Waals surface area contributed by atoms with Gasteiger partial charge in [0.25, 0.3) is 0 Å². The lowest BCUT2D eigenvalue weighted by Gasteiger charge is -2.29. The number of nitrogens with zero attached hydrogens (tertiary/aromatic N) is 2. The predicted molar refractivity (Wildman–Crippen MR) is 86.6 cm³/mol. The third-order valence-corrected chi connectivity index (χ3v) is 5.85. The first-order chi connectivity index (χ1) is 9.60. The fourth-order valence-electron chi connectivity index (χ4n) is 3.03. The van der Waals surface area contributed by atoms with Crippen molar-refractivity contribution in [1.29, 1.82) is 0 Å². The van der Waals surface area contributed by atoms with E-state index >= 15 is 0 Å². The Morgan fingerprint density at radius 3 is 2.70 bits per heavy atom. The maximum absolute atomic E-state index is 13.6. The lowest BCUT2D eigenvalue weighted by molar-refractivity contribution is 0.370. The average molecular weight is 358 g/mol. The van der Waals surface area contributed by atoms with Gasteiger partial charge in [-0.2, -0.15) is 11.8 Å². The number of thioether (sulfide) groups is 1. The normalized spacial score (nSPS) is 23.4. The molecule has 108 valence electrons. The van der Waals surface area contributed by atoms with Crippen molar-refractivity contribution in [2.24, 2.45) is 0 Å². The second kappa shape index (κ2) is 5.56. The molecule has 2 N–H and O–H groups in total. The molecule has 3 rings (SSSR count). The van der Waals surface area contributed by atoms with E-state index in [9.17, 15) is 4.39 Å². The highest BCUT2D eigenvalue weighted by atomic mass is 79.9. The van der Waals surface area contributed by atoms with Gasteiger partial charge in [-0.3, -0.25) is 0 Å². The minimum absolute atomic E-state index is 0.298. The molecule has 0 radical (unpaired) electrons. The quantitative estimate of drug-likeness (QED) is 0.867. The highest BCUT2D eigenvalue weighted by Crippen LogP contribution is 2.37. The van der Waals surface area contributed by atoms with Crippen molar-refractivity contribution in [3.8, 4) is 0 Å². The van der Waals surface area contributed by atoms with Crippen LogP contribution in [0.1, 0.15) is 31.7 Å². The van der Waals surface area contributed by atoms with Crippen molar-refractivity contribution in [2.45, 2.75) is 37.0 Å². The Morgan fingerprint density at radius 2 is 2.05 bits per heavy atom. The summed E-state index contributed by atoms with van der Waals surface area (Å²) in [6.45, 7) is 0. The minimum atomic E-state index is -0.298. The predicted octanol–water partition coefficient (Wildman–Crippen LogP) is 4.37. The zero-order chi connectivity index (χ0) is 14.3. The molecule has 0 aliphatic heterocycles. The molecule has 0 atom stereocenters. The van der Waals surface area contributed by atoms with Gasteiger partial charge in [0, 0.05) is 17.4 Å². The van der Waals surface area contributed by atoms with Crippen molar-refractivity contribution >= 4 is 44.7 Å². The second-order valence-corrected chi connectivity index (χ2v) is 7.25. The zero-order valence-electron chi connectivity index (χ0n) is 11.3. The van der Waals surface area contributed by atoms with Crippen LogP contribution in [-0.4, -0.2) is 21.1 Å². The highest BCUT2D eigenvalue weighted by Gasteiger charge is 2.25. The van der Waals surface area contributed by atoms with Crippen LogP contribution in [-0.2, 0) is 0 Å². The van der Waals surface area contributed by atoms with Gasteiger partial charge in [0.15, 0.2) is 0 Å². The number of hydrogen-bond donors (Lipinski definition) is 1. The van der Waals surface area contributed by atoms with E-state index in [1.54, 1.807) is 6.07 Å². The summed E-state index contributed by atoms with van der Waals surface area (Å²) in [6.07, 6.45) is 6.79. The summed E-state index contributed by atoms with van der Waals surface area (Å²) in [5, 5.41) is 0.756. The first kappa shape index (κ1) is 14.2. The molecule has 1 aliphatic rings. The zero-order valence-corrected chi connectivity index (χ0v) is 13.7. The minimum Gasteiger partial charge on any atom is -0.369 e. The van der Waals surface area contributed by atoms with E-state index in [4.69, 9.17) is 5.73 Å². The van der Waals surface area contributed by atoms with Crippen molar-refractivity contribution in [3.63, 3.8) is 0 Å². The first-order valence-corrected chi connectivity index (χ1v) is 8.83. The van der Waals surface area contributed by atoms with Crippen LogP contribution < -0.4 is 5.73 Å². The monoisotopic (exact) mass is 357 g/mol. The Morgan fingerprint density at radius 1 is 1.35 bits per heavy atom. The molecule has 0 spiro atoms. The lowest BCUT2D eigenvalue weighted by atomic mass is 9.94. The molecule has 2 aromatic rings. The number of benzene rings is 1. The van der Waals surface area contributed by atoms with E-state index in [1.807, 2.05) is 11.8 Å². The van der Waals surface area contributed by atoms with Crippen LogP contribution in [0, 0.1) is 5.82 Å². The van der Waals surface area contributed by atoms with Crippen LogP contribution in [0.2, 0.25) is 0 Å². The maximum Gasteiger partial charge on any atom is 0.201 e. The fraction of sp³-hybridized carbons (Fsp3) is 0.500. The van der Waals surface area contributed by atoms with E-state index in [0.29, 0.717) is 22.0 Å². The number of fused-ring (bicyclic) bond motifs is 1. The molecule has 0 saturated heterocycles. The Hall–Kier alpha value is -0.750. The van der Waals surface area contributed by atoms with Crippen LogP contribution in [0.25, 0.3) is 11.0 Å². The molecule has 1 saturated carbocycles. The summed E-state index contributed by atoms with van der Waals surface area (Å²) in [7, 11) is 0. The largest absolute Gasteiger partial charge is 0.369 e. The molecular weight excluding hydrogens is 341 g/mol. The summed E-state index contributed by atoms with van der Waals surface area (Å²) in [5.41, 5.74) is 7.61. The molecule has 0 unspecified atom stereocenters. The number of aromatic nitrogens is 2. The van der Waals surface area contributed by atoms with Crippen LogP contribution >= 0.6 is 27.7 Å². The Bertz CT molecular complexity index is 635. The first-order valence-electron chi connectivity index (χ1n) is 6.75. The van der Waals surface area contributed by atoms with E-state index < -0.39 is 0 Å². The molecule has 3 nitrogen and oxygen atoms in total. The number of halogens is 2. The molecule has 1 aliphatic carbocycles. The third-order valence-electron chi connectivity index (χ3n) is 4.10. The van der Waals surface area contributed by atoms with Crippen molar-refractivity contribution in [1.82, 2.24) is 9.55 Å². The molecule has 0 bridgehead atoms. The van der Waals surface area contributed by atoms with Crippen molar-refractivity contribution in [2.75, 3.05) is 12.0 Å². The van der Waals surface area contributed by atoms with Crippen LogP contribution in [0.3, 0.4) is 0 Å². The Labute approximate surface area is 130 Å². The SMILES string of the molecule is CSC1CCC(n2c(N)nc3cc(F)c(Br)cc32)CC1. The van der Waals surface area contributed by atoms with Gasteiger partial charge in [0.1, 0.15) is 5.82 Å². The van der Waals surface area contributed by atoms with Crippen LogP contribution in [0.5, 0.6) is 0 Å². The Balaban J connectivity index is 1.99. The van der Waals surface area contributed by atoms with Gasteiger partial charge in [-0.15, -0.1) is 0 Å². The summed E-state index contributed by atoms with van der Waals surface area (Å²) < 4.78 is 16.1. The molecule has 20 heavy (non-hydrogen) atoms. The molecule has 1 aromatic carbocycles. The summed E-state index contributed by atoms with van der Waals surface area (Å²) >= 11 is 5.19. The number of nitrogen functional groups attached to an aromatic ring is 1. The number of nitrogens with two attached hydrogens (primary N) is 1. The molecule has 1 fully saturated rings. The number of imidazole rings is 1. The number of anilines is 1. The fourth-order valence-corrected chi connectivity index (χ4v) is 4.11. The highest BCUT2D eigenvalue weighted by molar-refractivity contribution is 9.10. The van der Waals surface area contributed by atoms with Crippen LogP contribution in [0.15, 0.2) is 16.6 Å². The molecule has 6 heteroatoms. The topological polar surface area (TPSA) is 43.8 Å². The smallest absolute Gasteiger partial charge is 0.201 e. The average Bonchev–Trinajstić information content (AvgIpc) is 2.75. The van der Waals surface area contributed by atoms with E-state index in [0.717, 1.165) is 23.6 Å². The van der Waals surface area contributed by atoms with Gasteiger partial charge in [-0.05, 0) is 53.9 Å². The van der Waals surface area contributed by atoms with Crippen molar-refractivity contribution in [3.05, 3.63) is 22.4 Å². The van der Waals surface area contributed by atoms with Gasteiger partial charge in [-0.1, -0.05) is 0 Å². The van der Waals surface area contributed by atoms with Crippen LogP contribution in [0.4, 0.5) is 10.3 Å². The van der Waals surface area contributed by atoms with Gasteiger partial charge in [0.2, 0.25) is 5.95 Å². The van der Waals surface area contributed by atoms with Gasteiger partial charge >= 0.3 is 0 Å². The molecule has 0 amide bonds. The maximum atomic E-state index is 13.6. The van der Waals surface area contributed by atoms with Gasteiger partial charge in [-0.25, -0.2) is 9.37 Å². The summed E-state index contributed by atoms with van der Waals surface area (Å²) in [5.74, 6) is 0.193. The lowest BCUT2D eigenvalue weighted by Crippen LogP contribution is -2.20. The molecule has 1 aromatic heterocycles. The van der Waals surface area contributed by atoms with E-state index in [2.05, 4.69) is 31.7 Å². The third kappa shape index (κ3) is 2.44. The number of rotatable bonds is 2. The van der Waals surface area contributed by atoms with E-state index in [1.165, 1.54) is 18.9 Å².